The van der Waals surface area contributed by atoms with E-state index in [1.165, 1.54) is 33.5 Å². The number of methoxy groups -OCH3 is 3. The normalized spacial score (nSPS) is 14.8. The van der Waals surface area contributed by atoms with Gasteiger partial charge in [-0.05, 0) is 91.6 Å². The fourth-order valence-corrected chi connectivity index (χ4v) is 5.57. The number of ether oxygens (including phenoxy) is 3. The van der Waals surface area contributed by atoms with Crippen LogP contribution in [0.5, 0.6) is 17.2 Å². The number of nitrogens with zero attached hydrogens (tertiary/aromatic N) is 2. The predicted octanol–water partition coefficient (Wildman–Crippen LogP) is 5.83. The molecule has 4 rings (SSSR count). The SMILES string of the molecule is CCN(Cc1ccc(CCN(C)CCOC)cc1)c1cc(OC)c(OC)cc1C1CCc2cc(O)ccc2C1. The molecule has 1 unspecified atom stereocenters. The van der Waals surface area contributed by atoms with E-state index in [9.17, 15) is 5.11 Å². The summed E-state index contributed by atoms with van der Waals surface area (Å²) in [6, 6.07) is 19.2. The summed E-state index contributed by atoms with van der Waals surface area (Å²) in [5, 5.41) is 9.94. The maximum absolute atomic E-state index is 9.94. The zero-order chi connectivity index (χ0) is 27.8. The van der Waals surface area contributed by atoms with Gasteiger partial charge in [-0.3, -0.25) is 0 Å². The number of rotatable bonds is 13. The molecule has 39 heavy (non-hydrogen) atoms. The number of phenolic OH excluding ortho intramolecular Hbond substituents is 1. The van der Waals surface area contributed by atoms with E-state index in [2.05, 4.69) is 66.2 Å². The lowest BCUT2D eigenvalue weighted by atomic mass is 9.79. The smallest absolute Gasteiger partial charge is 0.162 e. The van der Waals surface area contributed by atoms with Gasteiger partial charge in [-0.2, -0.15) is 0 Å². The molecular weight excluding hydrogens is 488 g/mol. The highest BCUT2D eigenvalue weighted by Crippen LogP contribution is 2.43. The van der Waals surface area contributed by atoms with Gasteiger partial charge in [0.15, 0.2) is 11.5 Å². The number of fused-ring (bicyclic) bond motifs is 1. The number of anilines is 1. The first-order valence-electron chi connectivity index (χ1n) is 14.0. The Labute approximate surface area is 234 Å². The van der Waals surface area contributed by atoms with Crippen molar-refractivity contribution in [3.05, 3.63) is 82.4 Å². The summed E-state index contributed by atoms with van der Waals surface area (Å²) in [5.41, 5.74) is 7.71. The number of hydrogen-bond acceptors (Lipinski definition) is 6. The molecule has 1 aliphatic rings. The molecule has 0 spiro atoms. The highest BCUT2D eigenvalue weighted by atomic mass is 16.5. The molecule has 1 N–H and O–H groups in total. The molecule has 6 heteroatoms. The van der Waals surface area contributed by atoms with Gasteiger partial charge in [0, 0.05) is 45.0 Å². The average Bonchev–Trinajstić information content (AvgIpc) is 2.97. The second-order valence-corrected chi connectivity index (χ2v) is 10.5. The van der Waals surface area contributed by atoms with Gasteiger partial charge in [-0.25, -0.2) is 0 Å². The average molecular weight is 533 g/mol. The van der Waals surface area contributed by atoms with Gasteiger partial charge >= 0.3 is 0 Å². The van der Waals surface area contributed by atoms with Crippen LogP contribution in [0.1, 0.15) is 47.1 Å². The molecule has 3 aromatic rings. The molecule has 0 bridgehead atoms. The maximum atomic E-state index is 9.94. The van der Waals surface area contributed by atoms with Crippen molar-refractivity contribution in [1.29, 1.82) is 0 Å². The lowest BCUT2D eigenvalue weighted by molar-refractivity contribution is 0.162. The number of phenols is 1. The van der Waals surface area contributed by atoms with E-state index in [1.807, 2.05) is 6.07 Å². The minimum atomic E-state index is 0.347. The van der Waals surface area contributed by atoms with Crippen molar-refractivity contribution >= 4 is 5.69 Å². The molecule has 0 saturated heterocycles. The van der Waals surface area contributed by atoms with Crippen molar-refractivity contribution in [3.63, 3.8) is 0 Å². The first kappa shape index (κ1) is 28.8. The highest BCUT2D eigenvalue weighted by molar-refractivity contribution is 5.64. The molecule has 0 aromatic heterocycles. The van der Waals surface area contributed by atoms with Crippen molar-refractivity contribution in [2.45, 2.75) is 45.1 Å². The Kier molecular flexibility index (Phi) is 10.1. The molecule has 0 saturated carbocycles. The third-order valence-corrected chi connectivity index (χ3v) is 7.97. The lowest BCUT2D eigenvalue weighted by Crippen LogP contribution is -2.25. The monoisotopic (exact) mass is 532 g/mol. The van der Waals surface area contributed by atoms with E-state index in [0.29, 0.717) is 11.7 Å². The Morgan fingerprint density at radius 2 is 1.59 bits per heavy atom. The third-order valence-electron chi connectivity index (χ3n) is 7.97. The predicted molar refractivity (Wildman–Crippen MR) is 159 cm³/mol. The quantitative estimate of drug-likeness (QED) is 0.299. The van der Waals surface area contributed by atoms with E-state index in [0.717, 1.165) is 70.0 Å². The summed E-state index contributed by atoms with van der Waals surface area (Å²) in [6.07, 6.45) is 3.96. The Hall–Kier alpha value is -3.22. The van der Waals surface area contributed by atoms with E-state index in [1.54, 1.807) is 27.4 Å². The van der Waals surface area contributed by atoms with Gasteiger partial charge in [0.05, 0.1) is 20.8 Å². The summed E-state index contributed by atoms with van der Waals surface area (Å²) in [7, 11) is 7.29. The van der Waals surface area contributed by atoms with Crippen LogP contribution in [0.15, 0.2) is 54.6 Å². The van der Waals surface area contributed by atoms with Crippen LogP contribution < -0.4 is 14.4 Å². The third kappa shape index (κ3) is 7.25. The van der Waals surface area contributed by atoms with Gasteiger partial charge in [0.2, 0.25) is 0 Å². The Balaban J connectivity index is 1.55. The van der Waals surface area contributed by atoms with Crippen LogP contribution in [-0.4, -0.2) is 64.6 Å². The van der Waals surface area contributed by atoms with Gasteiger partial charge in [0.1, 0.15) is 5.75 Å². The van der Waals surface area contributed by atoms with E-state index in [-0.39, 0.29) is 0 Å². The van der Waals surface area contributed by atoms with Gasteiger partial charge in [-0.15, -0.1) is 0 Å². The maximum Gasteiger partial charge on any atom is 0.162 e. The Bertz CT molecular complexity index is 1210. The first-order chi connectivity index (χ1) is 18.9. The minimum Gasteiger partial charge on any atom is -0.508 e. The second-order valence-electron chi connectivity index (χ2n) is 10.5. The van der Waals surface area contributed by atoms with Gasteiger partial charge < -0.3 is 29.1 Å². The van der Waals surface area contributed by atoms with E-state index >= 15 is 0 Å². The molecule has 210 valence electrons. The van der Waals surface area contributed by atoms with Crippen LogP contribution in [-0.2, 0) is 30.5 Å². The summed E-state index contributed by atoms with van der Waals surface area (Å²) in [5.74, 6) is 2.23. The second kappa shape index (κ2) is 13.7. The van der Waals surface area contributed by atoms with Gasteiger partial charge in [-0.1, -0.05) is 30.3 Å². The lowest BCUT2D eigenvalue weighted by Gasteiger charge is -2.32. The fourth-order valence-electron chi connectivity index (χ4n) is 5.57. The van der Waals surface area contributed by atoms with E-state index < -0.39 is 0 Å². The Morgan fingerprint density at radius 1 is 0.872 bits per heavy atom. The summed E-state index contributed by atoms with van der Waals surface area (Å²) < 4.78 is 16.6. The van der Waals surface area contributed by atoms with Crippen LogP contribution in [0.4, 0.5) is 5.69 Å². The van der Waals surface area contributed by atoms with Crippen molar-refractivity contribution in [2.24, 2.45) is 0 Å². The van der Waals surface area contributed by atoms with Crippen LogP contribution in [0.25, 0.3) is 0 Å². The molecule has 0 radical (unpaired) electrons. The molecule has 0 aliphatic heterocycles. The molecule has 0 fully saturated rings. The number of aromatic hydroxyl groups is 1. The Morgan fingerprint density at radius 3 is 2.28 bits per heavy atom. The van der Waals surface area contributed by atoms with Crippen molar-refractivity contribution in [3.8, 4) is 17.2 Å². The number of hydrogen-bond donors (Lipinski definition) is 1. The van der Waals surface area contributed by atoms with E-state index in [4.69, 9.17) is 14.2 Å². The molecule has 0 amide bonds. The van der Waals surface area contributed by atoms with Crippen LogP contribution in [0, 0.1) is 0 Å². The minimum absolute atomic E-state index is 0.347. The molecule has 6 nitrogen and oxygen atoms in total. The van der Waals surface area contributed by atoms with Crippen molar-refractivity contribution < 1.29 is 19.3 Å². The number of likely N-dealkylation sites (N-methyl/N-ethyl adjacent to an activating group) is 1. The molecule has 0 heterocycles. The summed E-state index contributed by atoms with van der Waals surface area (Å²) in [4.78, 5) is 4.75. The molecule has 1 atom stereocenters. The van der Waals surface area contributed by atoms with Crippen molar-refractivity contribution in [1.82, 2.24) is 4.90 Å². The first-order valence-corrected chi connectivity index (χ1v) is 14.0. The van der Waals surface area contributed by atoms with Crippen LogP contribution in [0.2, 0.25) is 0 Å². The van der Waals surface area contributed by atoms with Gasteiger partial charge in [0.25, 0.3) is 0 Å². The van der Waals surface area contributed by atoms with Crippen LogP contribution >= 0.6 is 0 Å². The topological polar surface area (TPSA) is 54.4 Å². The zero-order valence-electron chi connectivity index (χ0n) is 24.2. The highest BCUT2D eigenvalue weighted by Gasteiger charge is 2.26. The molecule has 1 aliphatic carbocycles. The van der Waals surface area contributed by atoms with Crippen LogP contribution in [0.3, 0.4) is 0 Å². The fraction of sp³-hybridized carbons (Fsp3) is 0.455. The molecular formula is C33H44N2O4. The summed E-state index contributed by atoms with van der Waals surface area (Å²) in [6.45, 7) is 6.64. The standard InChI is InChI=1S/C33H44N2O4/c1-6-35(23-25-9-7-24(8-10-25)15-16-34(2)17-18-37-3)31-22-33(39-5)32(38-4)21-30(31)28-12-11-27-20-29(36)14-13-26(27)19-28/h7-10,13-14,20-22,28,36H,6,11-12,15-19,23H2,1-5H3. The number of benzene rings is 3. The summed E-state index contributed by atoms with van der Waals surface area (Å²) >= 11 is 0. The molecule has 3 aromatic carbocycles. The van der Waals surface area contributed by atoms with Crippen molar-refractivity contribution in [2.75, 3.05) is 59.5 Å². The zero-order valence-corrected chi connectivity index (χ0v) is 24.2. The number of aryl methyl sites for hydroxylation is 1. The largest absolute Gasteiger partial charge is 0.508 e.